The summed E-state index contributed by atoms with van der Waals surface area (Å²) in [5, 5.41) is 18.4. The molecule has 0 fully saturated rings. The van der Waals surface area contributed by atoms with Crippen LogP contribution >= 0.6 is 0 Å². The zero-order valence-corrected chi connectivity index (χ0v) is 17.4. The van der Waals surface area contributed by atoms with Gasteiger partial charge in [-0.25, -0.2) is 0 Å². The van der Waals surface area contributed by atoms with Crippen LogP contribution in [0.25, 0.3) is 11.3 Å². The molecule has 2 heterocycles. The molecule has 160 valence electrons. The average molecular weight is 422 g/mol. The number of benzene rings is 2. The van der Waals surface area contributed by atoms with Crippen LogP contribution in [-0.4, -0.2) is 53.0 Å². The van der Waals surface area contributed by atoms with Crippen molar-refractivity contribution >= 4 is 11.6 Å². The van der Waals surface area contributed by atoms with Crippen LogP contribution in [0.5, 0.6) is 0 Å². The lowest BCUT2D eigenvalue weighted by atomic mass is 9.95. The highest BCUT2D eigenvalue weighted by atomic mass is 16.7. The van der Waals surface area contributed by atoms with Gasteiger partial charge in [0.2, 0.25) is 0 Å². The van der Waals surface area contributed by atoms with E-state index in [4.69, 9.17) is 9.47 Å². The summed E-state index contributed by atoms with van der Waals surface area (Å²) >= 11 is 0. The number of hydrogen-bond donors (Lipinski definition) is 1. The molecule has 1 aromatic heterocycles. The second kappa shape index (κ2) is 8.29. The minimum atomic E-state index is -0.621. The highest BCUT2D eigenvalue weighted by Gasteiger charge is 2.43. The predicted molar refractivity (Wildman–Crippen MR) is 113 cm³/mol. The number of aromatic nitrogens is 2. The van der Waals surface area contributed by atoms with E-state index in [1.54, 1.807) is 17.0 Å². The van der Waals surface area contributed by atoms with E-state index in [2.05, 4.69) is 10.2 Å². The third-order valence-corrected chi connectivity index (χ3v) is 5.48. The van der Waals surface area contributed by atoms with Crippen LogP contribution in [0.1, 0.15) is 33.2 Å². The molecule has 3 aromatic rings. The first kappa shape index (κ1) is 20.7. The average Bonchev–Trinajstić information content (AvgIpc) is 3.31. The van der Waals surface area contributed by atoms with Crippen LogP contribution in [0.3, 0.4) is 0 Å². The number of nitro benzene ring substituents is 1. The van der Waals surface area contributed by atoms with Crippen molar-refractivity contribution in [3.05, 3.63) is 81.0 Å². The fourth-order valence-electron chi connectivity index (χ4n) is 3.85. The number of hydrogen-bond acceptors (Lipinski definition) is 6. The maximum Gasteiger partial charge on any atom is 0.273 e. The summed E-state index contributed by atoms with van der Waals surface area (Å²) in [5.74, 6) is -0.233. The van der Waals surface area contributed by atoms with Crippen LogP contribution in [-0.2, 0) is 9.47 Å². The van der Waals surface area contributed by atoms with Crippen molar-refractivity contribution in [3.63, 3.8) is 0 Å². The molecule has 1 unspecified atom stereocenters. The Balaban J connectivity index is 1.83. The Morgan fingerprint density at radius 3 is 2.35 bits per heavy atom. The first-order valence-corrected chi connectivity index (χ1v) is 9.70. The molecule has 1 atom stereocenters. The summed E-state index contributed by atoms with van der Waals surface area (Å²) in [6.45, 7) is 2.18. The Kier molecular flexibility index (Phi) is 5.53. The first-order valence-electron chi connectivity index (χ1n) is 9.70. The summed E-state index contributed by atoms with van der Waals surface area (Å²) in [6.07, 6.45) is -0.621. The molecular formula is C22H22N4O5. The zero-order valence-electron chi connectivity index (χ0n) is 17.4. The van der Waals surface area contributed by atoms with E-state index < -0.39 is 17.3 Å². The summed E-state index contributed by atoms with van der Waals surface area (Å²) < 4.78 is 10.6. The standard InChI is InChI=1S/C22H22N4O5/c1-13-4-6-14(7-5-13)19-18-20(24-23-19)22(27)25(12-17(30-2)31-3)21(18)15-8-10-16(11-9-15)26(28)29/h4-11,17,21H,12H2,1-3H3,(H,23,24). The predicted octanol–water partition coefficient (Wildman–Crippen LogP) is 3.46. The summed E-state index contributed by atoms with van der Waals surface area (Å²) in [4.78, 5) is 25.5. The van der Waals surface area contributed by atoms with E-state index in [0.29, 0.717) is 11.4 Å². The van der Waals surface area contributed by atoms with E-state index in [-0.39, 0.29) is 18.1 Å². The highest BCUT2D eigenvalue weighted by molar-refractivity contribution is 6.00. The number of non-ortho nitro benzene ring substituents is 1. The van der Waals surface area contributed by atoms with Crippen molar-refractivity contribution in [1.82, 2.24) is 15.1 Å². The van der Waals surface area contributed by atoms with Gasteiger partial charge in [0.05, 0.1) is 23.2 Å². The highest BCUT2D eigenvalue weighted by Crippen LogP contribution is 2.43. The van der Waals surface area contributed by atoms with E-state index in [1.807, 2.05) is 31.2 Å². The number of nitrogens with one attached hydrogen (secondary N) is 1. The number of methoxy groups -OCH3 is 2. The number of carbonyl (C=O) groups excluding carboxylic acids is 1. The molecule has 0 bridgehead atoms. The third kappa shape index (κ3) is 3.69. The van der Waals surface area contributed by atoms with Gasteiger partial charge in [0.1, 0.15) is 5.69 Å². The lowest BCUT2D eigenvalue weighted by molar-refractivity contribution is -0.384. The molecule has 9 nitrogen and oxygen atoms in total. The van der Waals surface area contributed by atoms with Gasteiger partial charge >= 0.3 is 0 Å². The van der Waals surface area contributed by atoms with Gasteiger partial charge in [-0.15, -0.1) is 0 Å². The van der Waals surface area contributed by atoms with E-state index in [0.717, 1.165) is 22.3 Å². The second-order valence-corrected chi connectivity index (χ2v) is 7.34. The van der Waals surface area contributed by atoms with Gasteiger partial charge in [0.15, 0.2) is 6.29 Å². The molecule has 1 aliphatic heterocycles. The van der Waals surface area contributed by atoms with Crippen molar-refractivity contribution in [2.24, 2.45) is 0 Å². The lowest BCUT2D eigenvalue weighted by Gasteiger charge is -2.29. The van der Waals surface area contributed by atoms with E-state index >= 15 is 0 Å². The molecular weight excluding hydrogens is 400 g/mol. The maximum absolute atomic E-state index is 13.3. The van der Waals surface area contributed by atoms with Crippen molar-refractivity contribution in [2.75, 3.05) is 20.8 Å². The van der Waals surface area contributed by atoms with Crippen LogP contribution in [0.15, 0.2) is 48.5 Å². The van der Waals surface area contributed by atoms with Gasteiger partial charge in [0, 0.05) is 37.5 Å². The monoisotopic (exact) mass is 422 g/mol. The molecule has 2 aromatic carbocycles. The molecule has 4 rings (SSSR count). The largest absolute Gasteiger partial charge is 0.354 e. The molecule has 1 amide bonds. The number of rotatable bonds is 7. The Morgan fingerprint density at radius 2 is 1.77 bits per heavy atom. The minimum absolute atomic E-state index is 0.0162. The minimum Gasteiger partial charge on any atom is -0.354 e. The normalized spacial score (nSPS) is 15.5. The van der Waals surface area contributed by atoms with Crippen LogP contribution < -0.4 is 0 Å². The van der Waals surface area contributed by atoms with Gasteiger partial charge in [0.25, 0.3) is 11.6 Å². The Hall–Kier alpha value is -3.56. The molecule has 1 N–H and O–H groups in total. The Labute approximate surface area is 178 Å². The topological polar surface area (TPSA) is 111 Å². The van der Waals surface area contributed by atoms with Gasteiger partial charge < -0.3 is 14.4 Å². The number of fused-ring (bicyclic) bond motifs is 1. The Bertz CT molecular complexity index is 1100. The smallest absolute Gasteiger partial charge is 0.273 e. The van der Waals surface area contributed by atoms with Crippen molar-refractivity contribution in [1.29, 1.82) is 0 Å². The number of carbonyl (C=O) groups is 1. The molecule has 0 saturated carbocycles. The first-order chi connectivity index (χ1) is 14.9. The van der Waals surface area contributed by atoms with Crippen LogP contribution in [0.2, 0.25) is 0 Å². The molecule has 0 radical (unpaired) electrons. The number of amides is 1. The summed E-state index contributed by atoms with van der Waals surface area (Å²) in [5.41, 5.74) is 4.50. The van der Waals surface area contributed by atoms with Gasteiger partial charge in [-0.3, -0.25) is 20.0 Å². The Morgan fingerprint density at radius 1 is 1.13 bits per heavy atom. The summed E-state index contributed by atoms with van der Waals surface area (Å²) in [6, 6.07) is 13.6. The molecule has 0 aliphatic carbocycles. The number of nitrogens with zero attached hydrogens (tertiary/aromatic N) is 3. The lowest BCUT2D eigenvalue weighted by Crippen LogP contribution is -2.38. The number of nitro groups is 1. The van der Waals surface area contributed by atoms with Gasteiger partial charge in [-0.2, -0.15) is 5.10 Å². The maximum atomic E-state index is 13.3. The fraction of sp³-hybridized carbons (Fsp3) is 0.273. The third-order valence-electron chi connectivity index (χ3n) is 5.48. The van der Waals surface area contributed by atoms with E-state index in [1.165, 1.54) is 26.4 Å². The number of aryl methyl sites for hydroxylation is 1. The van der Waals surface area contributed by atoms with Crippen LogP contribution in [0.4, 0.5) is 5.69 Å². The molecule has 0 saturated heterocycles. The van der Waals surface area contributed by atoms with Gasteiger partial charge in [-0.05, 0) is 24.6 Å². The molecule has 9 heteroatoms. The summed E-state index contributed by atoms with van der Waals surface area (Å²) in [7, 11) is 3.02. The second-order valence-electron chi connectivity index (χ2n) is 7.34. The fourth-order valence-corrected chi connectivity index (χ4v) is 3.85. The van der Waals surface area contributed by atoms with Crippen molar-refractivity contribution < 1.29 is 19.2 Å². The zero-order chi connectivity index (χ0) is 22.1. The molecule has 31 heavy (non-hydrogen) atoms. The van der Waals surface area contributed by atoms with Crippen molar-refractivity contribution in [3.8, 4) is 11.3 Å². The van der Waals surface area contributed by atoms with Crippen molar-refractivity contribution in [2.45, 2.75) is 19.3 Å². The van der Waals surface area contributed by atoms with Gasteiger partial charge in [-0.1, -0.05) is 29.8 Å². The van der Waals surface area contributed by atoms with E-state index in [9.17, 15) is 14.9 Å². The number of H-pyrrole nitrogens is 1. The molecule has 1 aliphatic rings. The number of ether oxygens (including phenoxy) is 2. The quantitative estimate of drug-likeness (QED) is 0.355. The molecule has 0 spiro atoms. The SMILES string of the molecule is COC(CN1C(=O)c2[nH]nc(-c3ccc(C)cc3)c2C1c1ccc([N+](=O)[O-])cc1)OC. The number of aromatic amines is 1. The van der Waals surface area contributed by atoms with Crippen LogP contribution in [0, 0.1) is 17.0 Å².